The number of ether oxygens (including phenoxy) is 2. The van der Waals surface area contributed by atoms with Crippen molar-refractivity contribution in [3.63, 3.8) is 0 Å². The topological polar surface area (TPSA) is 38.8 Å². The van der Waals surface area contributed by atoms with Crippen LogP contribution in [-0.4, -0.2) is 31.9 Å². The molecule has 5 heteroatoms. The van der Waals surface area contributed by atoms with E-state index in [1.54, 1.807) is 31.0 Å². The molecule has 0 aromatic heterocycles. The van der Waals surface area contributed by atoms with Crippen LogP contribution in [-0.2, 0) is 4.79 Å². The predicted molar refractivity (Wildman–Crippen MR) is 92.6 cm³/mol. The summed E-state index contributed by atoms with van der Waals surface area (Å²) in [5, 5.41) is 0. The number of carbonyl (C=O) groups is 1. The smallest absolute Gasteiger partial charge is 0.264 e. The number of benzene rings is 2. The molecule has 0 fully saturated rings. The molecule has 1 amide bonds. The summed E-state index contributed by atoms with van der Waals surface area (Å²) in [7, 11) is 1.62. The standard InChI is InChI=1S/C18H19NO3S/c1-21-14-7-9-15(10-8-14)22-13-18(20)19-11-4-12-23-17-6-3-2-5-16(17)19/h2-3,5-10H,4,11-13H2,1H3. The average Bonchev–Trinajstić information content (AvgIpc) is 2.82. The van der Waals surface area contributed by atoms with Gasteiger partial charge in [-0.25, -0.2) is 0 Å². The van der Waals surface area contributed by atoms with Gasteiger partial charge in [-0.2, -0.15) is 0 Å². The molecule has 3 rings (SSSR count). The fraction of sp³-hybridized carbons (Fsp3) is 0.278. The predicted octanol–water partition coefficient (Wildman–Crippen LogP) is 3.60. The van der Waals surface area contributed by atoms with Crippen molar-refractivity contribution >= 4 is 23.4 Å². The number of thioether (sulfide) groups is 1. The first kappa shape index (κ1) is 15.7. The molecule has 2 aromatic rings. The van der Waals surface area contributed by atoms with Gasteiger partial charge in [-0.05, 0) is 48.6 Å². The van der Waals surface area contributed by atoms with Crippen molar-refractivity contribution in [1.82, 2.24) is 0 Å². The number of para-hydroxylation sites is 1. The van der Waals surface area contributed by atoms with Gasteiger partial charge in [-0.1, -0.05) is 12.1 Å². The summed E-state index contributed by atoms with van der Waals surface area (Å²) in [4.78, 5) is 15.6. The van der Waals surface area contributed by atoms with E-state index in [0.29, 0.717) is 5.75 Å². The number of nitrogens with zero attached hydrogens (tertiary/aromatic N) is 1. The molecule has 4 nitrogen and oxygen atoms in total. The van der Waals surface area contributed by atoms with Crippen molar-refractivity contribution < 1.29 is 14.3 Å². The molecule has 0 spiro atoms. The molecular weight excluding hydrogens is 310 g/mol. The molecule has 0 bridgehead atoms. The average molecular weight is 329 g/mol. The minimum Gasteiger partial charge on any atom is -0.497 e. The Kier molecular flexibility index (Phi) is 5.08. The maximum Gasteiger partial charge on any atom is 0.264 e. The summed E-state index contributed by atoms with van der Waals surface area (Å²) in [6.07, 6.45) is 0.980. The fourth-order valence-corrected chi connectivity index (χ4v) is 3.48. The molecule has 1 heterocycles. The van der Waals surface area contributed by atoms with Crippen LogP contribution in [0.1, 0.15) is 6.42 Å². The van der Waals surface area contributed by atoms with E-state index in [-0.39, 0.29) is 12.5 Å². The Morgan fingerprint density at radius 1 is 1.13 bits per heavy atom. The molecule has 1 aliphatic heterocycles. The number of hydrogen-bond acceptors (Lipinski definition) is 4. The largest absolute Gasteiger partial charge is 0.497 e. The van der Waals surface area contributed by atoms with Crippen molar-refractivity contribution in [3.05, 3.63) is 48.5 Å². The molecule has 0 radical (unpaired) electrons. The van der Waals surface area contributed by atoms with Gasteiger partial charge in [-0.3, -0.25) is 4.79 Å². The third-order valence-electron chi connectivity index (χ3n) is 3.66. The van der Waals surface area contributed by atoms with Gasteiger partial charge in [0.2, 0.25) is 0 Å². The highest BCUT2D eigenvalue weighted by Gasteiger charge is 2.21. The van der Waals surface area contributed by atoms with Gasteiger partial charge in [0.15, 0.2) is 6.61 Å². The van der Waals surface area contributed by atoms with Crippen LogP contribution in [0, 0.1) is 0 Å². The Hall–Kier alpha value is -2.14. The molecule has 23 heavy (non-hydrogen) atoms. The van der Waals surface area contributed by atoms with E-state index in [9.17, 15) is 4.79 Å². The molecule has 0 aliphatic carbocycles. The molecule has 0 unspecified atom stereocenters. The molecule has 0 saturated carbocycles. The summed E-state index contributed by atoms with van der Waals surface area (Å²) < 4.78 is 10.7. The van der Waals surface area contributed by atoms with Crippen molar-refractivity contribution in [2.45, 2.75) is 11.3 Å². The lowest BCUT2D eigenvalue weighted by Crippen LogP contribution is -2.35. The number of rotatable bonds is 4. The first-order valence-corrected chi connectivity index (χ1v) is 8.55. The SMILES string of the molecule is COc1ccc(OCC(=O)N2CCCSc3ccccc32)cc1. The van der Waals surface area contributed by atoms with Crippen LogP contribution in [0.5, 0.6) is 11.5 Å². The van der Waals surface area contributed by atoms with Gasteiger partial charge in [0.1, 0.15) is 11.5 Å². The third-order valence-corrected chi connectivity index (χ3v) is 4.81. The number of carbonyl (C=O) groups excluding carboxylic acids is 1. The minimum atomic E-state index is -0.0178. The second-order valence-corrected chi connectivity index (χ2v) is 6.32. The number of methoxy groups -OCH3 is 1. The summed E-state index contributed by atoms with van der Waals surface area (Å²) in [5.41, 5.74) is 0.985. The highest BCUT2D eigenvalue weighted by Crippen LogP contribution is 2.33. The summed E-state index contributed by atoms with van der Waals surface area (Å²) in [6, 6.07) is 15.3. The fourth-order valence-electron chi connectivity index (χ4n) is 2.48. The van der Waals surface area contributed by atoms with Gasteiger partial charge in [-0.15, -0.1) is 11.8 Å². The maximum atomic E-state index is 12.6. The highest BCUT2D eigenvalue weighted by atomic mass is 32.2. The first-order valence-electron chi connectivity index (χ1n) is 7.57. The quantitative estimate of drug-likeness (QED) is 0.859. The molecule has 1 aliphatic rings. The van der Waals surface area contributed by atoms with Gasteiger partial charge in [0.25, 0.3) is 5.91 Å². The number of fused-ring (bicyclic) bond motifs is 1. The van der Waals surface area contributed by atoms with Crippen LogP contribution in [0.25, 0.3) is 0 Å². The van der Waals surface area contributed by atoms with Crippen molar-refractivity contribution in [2.75, 3.05) is 30.9 Å². The van der Waals surface area contributed by atoms with Crippen LogP contribution >= 0.6 is 11.8 Å². The van der Waals surface area contributed by atoms with E-state index in [0.717, 1.165) is 35.1 Å². The third kappa shape index (κ3) is 3.79. The van der Waals surface area contributed by atoms with Gasteiger partial charge < -0.3 is 14.4 Å². The van der Waals surface area contributed by atoms with Crippen LogP contribution in [0.4, 0.5) is 5.69 Å². The van der Waals surface area contributed by atoms with E-state index < -0.39 is 0 Å². The Morgan fingerprint density at radius 3 is 2.65 bits per heavy atom. The summed E-state index contributed by atoms with van der Waals surface area (Å²) in [5.74, 6) is 2.44. The maximum absolute atomic E-state index is 12.6. The molecule has 0 N–H and O–H groups in total. The van der Waals surface area contributed by atoms with E-state index in [2.05, 4.69) is 6.07 Å². The van der Waals surface area contributed by atoms with Crippen LogP contribution in [0.3, 0.4) is 0 Å². The van der Waals surface area contributed by atoms with Crippen LogP contribution in [0.15, 0.2) is 53.4 Å². The Bertz CT molecular complexity index is 672. The summed E-state index contributed by atoms with van der Waals surface area (Å²) in [6.45, 7) is 0.764. The summed E-state index contributed by atoms with van der Waals surface area (Å²) >= 11 is 1.80. The Morgan fingerprint density at radius 2 is 1.87 bits per heavy atom. The normalized spacial score (nSPS) is 13.9. The molecule has 120 valence electrons. The lowest BCUT2D eigenvalue weighted by molar-refractivity contribution is -0.120. The monoisotopic (exact) mass is 329 g/mol. The molecule has 0 atom stereocenters. The van der Waals surface area contributed by atoms with Gasteiger partial charge in [0.05, 0.1) is 12.8 Å². The lowest BCUT2D eigenvalue weighted by Gasteiger charge is -2.22. The molecular formula is C18H19NO3S. The zero-order chi connectivity index (χ0) is 16.1. The minimum absolute atomic E-state index is 0.0178. The van der Waals surface area contributed by atoms with Crippen LogP contribution in [0.2, 0.25) is 0 Å². The number of anilines is 1. The van der Waals surface area contributed by atoms with Crippen LogP contribution < -0.4 is 14.4 Å². The number of hydrogen-bond donors (Lipinski definition) is 0. The second kappa shape index (κ2) is 7.42. The zero-order valence-electron chi connectivity index (χ0n) is 13.0. The Labute approximate surface area is 140 Å². The van der Waals surface area contributed by atoms with E-state index in [1.807, 2.05) is 35.2 Å². The Balaban J connectivity index is 1.67. The zero-order valence-corrected chi connectivity index (χ0v) is 13.8. The van der Waals surface area contributed by atoms with E-state index in [1.165, 1.54) is 0 Å². The van der Waals surface area contributed by atoms with Crippen molar-refractivity contribution in [3.8, 4) is 11.5 Å². The van der Waals surface area contributed by atoms with Crippen molar-refractivity contribution in [2.24, 2.45) is 0 Å². The lowest BCUT2D eigenvalue weighted by atomic mass is 10.2. The molecule has 0 saturated heterocycles. The van der Waals surface area contributed by atoms with E-state index in [4.69, 9.17) is 9.47 Å². The van der Waals surface area contributed by atoms with Gasteiger partial charge >= 0.3 is 0 Å². The highest BCUT2D eigenvalue weighted by molar-refractivity contribution is 7.99. The van der Waals surface area contributed by atoms with E-state index >= 15 is 0 Å². The number of amides is 1. The second-order valence-electron chi connectivity index (χ2n) is 5.18. The van der Waals surface area contributed by atoms with Gasteiger partial charge in [0, 0.05) is 11.4 Å². The molecule has 2 aromatic carbocycles. The first-order chi connectivity index (χ1) is 11.3. The van der Waals surface area contributed by atoms with Crippen molar-refractivity contribution in [1.29, 1.82) is 0 Å².